The highest BCUT2D eigenvalue weighted by Crippen LogP contribution is 2.47. The molecule has 29 heavy (non-hydrogen) atoms. The summed E-state index contributed by atoms with van der Waals surface area (Å²) < 4.78 is 5.24. The second-order valence-electron chi connectivity index (χ2n) is 7.81. The summed E-state index contributed by atoms with van der Waals surface area (Å²) in [6, 6.07) is 16.8. The molecule has 0 saturated carbocycles. The Morgan fingerprint density at radius 2 is 1.69 bits per heavy atom. The first kappa shape index (κ1) is 20.8. The summed E-state index contributed by atoms with van der Waals surface area (Å²) in [5.41, 5.74) is 1.50. The van der Waals surface area contributed by atoms with Crippen molar-refractivity contribution in [2.45, 2.75) is 38.7 Å². The van der Waals surface area contributed by atoms with E-state index in [1.54, 1.807) is 26.2 Å². The molecule has 3 rings (SSSR count). The van der Waals surface area contributed by atoms with E-state index in [9.17, 15) is 14.7 Å². The molecule has 5 heteroatoms. The number of carbonyl (C=O) groups is 2. The van der Waals surface area contributed by atoms with E-state index in [0.29, 0.717) is 17.0 Å². The number of ketones is 2. The summed E-state index contributed by atoms with van der Waals surface area (Å²) in [4.78, 5) is 25.4. The Kier molecular flexibility index (Phi) is 5.89. The Morgan fingerprint density at radius 1 is 1.07 bits per heavy atom. The first-order valence-corrected chi connectivity index (χ1v) is 9.67. The fourth-order valence-corrected chi connectivity index (χ4v) is 4.36. The van der Waals surface area contributed by atoms with Crippen molar-refractivity contribution >= 4 is 17.3 Å². The minimum atomic E-state index is -1.30. The molecule has 0 fully saturated rings. The Morgan fingerprint density at radius 3 is 2.21 bits per heavy atom. The zero-order chi connectivity index (χ0) is 21.2. The number of hydrogen-bond donors (Lipinski definition) is 2. The zero-order valence-electron chi connectivity index (χ0n) is 17.2. The van der Waals surface area contributed by atoms with Crippen molar-refractivity contribution in [2.75, 3.05) is 12.4 Å². The van der Waals surface area contributed by atoms with Gasteiger partial charge in [-0.25, -0.2) is 0 Å². The molecule has 0 bridgehead atoms. The van der Waals surface area contributed by atoms with Crippen molar-refractivity contribution < 1.29 is 19.4 Å². The minimum absolute atomic E-state index is 0.119. The highest BCUT2D eigenvalue weighted by Gasteiger charge is 2.49. The number of methoxy groups -OCH3 is 1. The third-order valence-electron chi connectivity index (χ3n) is 5.54. The lowest BCUT2D eigenvalue weighted by Crippen LogP contribution is -2.48. The van der Waals surface area contributed by atoms with Gasteiger partial charge in [0, 0.05) is 29.3 Å². The molecule has 2 aromatic carbocycles. The van der Waals surface area contributed by atoms with Crippen LogP contribution in [0.15, 0.2) is 65.9 Å². The molecule has 1 aliphatic carbocycles. The summed E-state index contributed by atoms with van der Waals surface area (Å²) in [5, 5.41) is 14.6. The lowest BCUT2D eigenvalue weighted by Gasteiger charge is -2.43. The predicted molar refractivity (Wildman–Crippen MR) is 113 cm³/mol. The standard InChI is InChI=1S/C24H27NO4/c1-15(26)21-20(25-18-8-6-5-7-9-18)14-24(3,28)23(16(2)27)22(21)17-10-12-19(29-4)13-11-17/h5-13,22-23,25,28H,14H2,1-4H3/t22-,23+,24-/m1/s1. The molecule has 0 spiro atoms. The van der Waals surface area contributed by atoms with Gasteiger partial charge < -0.3 is 15.2 Å². The van der Waals surface area contributed by atoms with Crippen LogP contribution < -0.4 is 10.1 Å². The maximum absolute atomic E-state index is 12.8. The third-order valence-corrected chi connectivity index (χ3v) is 5.54. The van der Waals surface area contributed by atoms with Crippen molar-refractivity contribution in [3.05, 3.63) is 71.4 Å². The van der Waals surface area contributed by atoms with Gasteiger partial charge in [-0.15, -0.1) is 0 Å². The monoisotopic (exact) mass is 393 g/mol. The van der Waals surface area contributed by atoms with E-state index >= 15 is 0 Å². The first-order valence-electron chi connectivity index (χ1n) is 9.67. The number of benzene rings is 2. The summed E-state index contributed by atoms with van der Waals surface area (Å²) in [5.74, 6) is -0.854. The van der Waals surface area contributed by atoms with E-state index in [1.165, 1.54) is 13.8 Å². The number of nitrogens with one attached hydrogen (secondary N) is 1. The molecule has 0 unspecified atom stereocenters. The molecule has 2 aromatic rings. The van der Waals surface area contributed by atoms with Gasteiger partial charge in [0.05, 0.1) is 18.6 Å². The van der Waals surface area contributed by atoms with Crippen molar-refractivity contribution in [1.82, 2.24) is 0 Å². The SMILES string of the molecule is COc1ccc([C@@H]2C(C(C)=O)=C(Nc3ccccc3)C[C@@](C)(O)[C@H]2C(C)=O)cc1. The van der Waals surface area contributed by atoms with Crippen molar-refractivity contribution in [3.8, 4) is 5.75 Å². The average Bonchev–Trinajstić information content (AvgIpc) is 2.67. The zero-order valence-corrected chi connectivity index (χ0v) is 17.2. The molecular weight excluding hydrogens is 366 g/mol. The molecule has 0 radical (unpaired) electrons. The lowest BCUT2D eigenvalue weighted by molar-refractivity contribution is -0.131. The molecule has 3 atom stereocenters. The molecule has 1 aliphatic rings. The van der Waals surface area contributed by atoms with E-state index in [-0.39, 0.29) is 18.0 Å². The van der Waals surface area contributed by atoms with Crippen LogP contribution in [0.2, 0.25) is 0 Å². The van der Waals surface area contributed by atoms with E-state index in [0.717, 1.165) is 11.3 Å². The number of rotatable bonds is 6. The highest BCUT2D eigenvalue weighted by atomic mass is 16.5. The van der Waals surface area contributed by atoms with E-state index in [1.807, 2.05) is 42.5 Å². The van der Waals surface area contributed by atoms with Gasteiger partial charge in [0.15, 0.2) is 5.78 Å². The van der Waals surface area contributed by atoms with Crippen LogP contribution in [0.4, 0.5) is 5.69 Å². The van der Waals surface area contributed by atoms with Crippen molar-refractivity contribution in [2.24, 2.45) is 5.92 Å². The van der Waals surface area contributed by atoms with Crippen LogP contribution in [0.5, 0.6) is 5.75 Å². The van der Waals surface area contributed by atoms with Crippen molar-refractivity contribution in [3.63, 3.8) is 0 Å². The molecule has 0 aliphatic heterocycles. The van der Waals surface area contributed by atoms with Crippen LogP contribution in [0.1, 0.15) is 38.7 Å². The van der Waals surface area contributed by atoms with Gasteiger partial charge in [0.25, 0.3) is 0 Å². The van der Waals surface area contributed by atoms with E-state index in [2.05, 4.69) is 5.32 Å². The van der Waals surface area contributed by atoms with E-state index in [4.69, 9.17) is 4.74 Å². The molecular formula is C24H27NO4. The number of aliphatic hydroxyl groups is 1. The fraction of sp³-hybridized carbons (Fsp3) is 0.333. The second-order valence-corrected chi connectivity index (χ2v) is 7.81. The van der Waals surface area contributed by atoms with Gasteiger partial charge in [-0.3, -0.25) is 9.59 Å². The van der Waals surface area contributed by atoms with Crippen LogP contribution in [0, 0.1) is 5.92 Å². The fourth-order valence-electron chi connectivity index (χ4n) is 4.36. The highest BCUT2D eigenvalue weighted by molar-refractivity contribution is 5.98. The summed E-state index contributed by atoms with van der Waals surface area (Å²) in [6.45, 7) is 4.65. The second kappa shape index (κ2) is 8.21. The molecule has 5 nitrogen and oxygen atoms in total. The molecule has 0 amide bonds. The van der Waals surface area contributed by atoms with Crippen LogP contribution in [-0.2, 0) is 9.59 Å². The number of Topliss-reactive ketones (excluding diaryl/α,β-unsaturated/α-hetero) is 2. The Hall–Kier alpha value is -2.92. The molecule has 0 saturated heterocycles. The molecule has 2 N–H and O–H groups in total. The Labute approximate surface area is 171 Å². The van der Waals surface area contributed by atoms with E-state index < -0.39 is 17.4 Å². The largest absolute Gasteiger partial charge is 0.497 e. The topological polar surface area (TPSA) is 75.6 Å². The number of carbonyl (C=O) groups excluding carboxylic acids is 2. The third kappa shape index (κ3) is 4.25. The van der Waals surface area contributed by atoms with Gasteiger partial charge >= 0.3 is 0 Å². The average molecular weight is 393 g/mol. The van der Waals surface area contributed by atoms with Crippen LogP contribution in [0.3, 0.4) is 0 Å². The van der Waals surface area contributed by atoms with Crippen LogP contribution in [0.25, 0.3) is 0 Å². The summed E-state index contributed by atoms with van der Waals surface area (Å²) >= 11 is 0. The quantitative estimate of drug-likeness (QED) is 0.773. The van der Waals surface area contributed by atoms with Gasteiger partial charge in [0.2, 0.25) is 0 Å². The summed E-state index contributed by atoms with van der Waals surface area (Å²) in [7, 11) is 1.58. The maximum Gasteiger partial charge on any atom is 0.158 e. The van der Waals surface area contributed by atoms with Crippen molar-refractivity contribution in [1.29, 1.82) is 0 Å². The number of hydrogen-bond acceptors (Lipinski definition) is 5. The Bertz CT molecular complexity index is 929. The number of anilines is 1. The Balaban J connectivity index is 2.19. The maximum atomic E-state index is 12.8. The van der Waals surface area contributed by atoms with Gasteiger partial charge in [-0.2, -0.15) is 0 Å². The van der Waals surface area contributed by atoms with Gasteiger partial charge in [-0.05, 0) is 50.6 Å². The predicted octanol–water partition coefficient (Wildman–Crippen LogP) is 4.09. The van der Waals surface area contributed by atoms with Crippen LogP contribution >= 0.6 is 0 Å². The lowest BCUT2D eigenvalue weighted by atomic mass is 9.64. The first-order chi connectivity index (χ1) is 13.7. The molecule has 0 heterocycles. The number of ether oxygens (including phenoxy) is 1. The van der Waals surface area contributed by atoms with Gasteiger partial charge in [0.1, 0.15) is 11.5 Å². The number of para-hydroxylation sites is 1. The summed E-state index contributed by atoms with van der Waals surface area (Å²) in [6.07, 6.45) is 0.188. The molecule has 0 aromatic heterocycles. The van der Waals surface area contributed by atoms with Gasteiger partial charge in [-0.1, -0.05) is 30.3 Å². The molecule has 152 valence electrons. The number of allylic oxidation sites excluding steroid dienone is 1. The minimum Gasteiger partial charge on any atom is -0.497 e. The smallest absolute Gasteiger partial charge is 0.158 e. The van der Waals surface area contributed by atoms with Crippen LogP contribution in [-0.4, -0.2) is 29.4 Å². The normalized spacial score (nSPS) is 24.2.